The fraction of sp³-hybridized carbons (Fsp3) is 0.417. The molecule has 1 atom stereocenters. The van der Waals surface area contributed by atoms with E-state index < -0.39 is 0 Å². The van der Waals surface area contributed by atoms with Gasteiger partial charge in [-0.15, -0.1) is 0 Å². The van der Waals surface area contributed by atoms with Crippen LogP contribution in [0.25, 0.3) is 0 Å². The van der Waals surface area contributed by atoms with Crippen LogP contribution in [-0.4, -0.2) is 12.5 Å². The van der Waals surface area contributed by atoms with Crippen molar-refractivity contribution in [2.75, 3.05) is 6.54 Å². The lowest BCUT2D eigenvalue weighted by atomic mass is 9.77. The van der Waals surface area contributed by atoms with Crippen LogP contribution in [0.4, 0.5) is 0 Å². The SMILES string of the molecule is CCC1(c2ccccc2)CNC(=O)C1. The first-order chi connectivity index (χ1) is 6.77. The summed E-state index contributed by atoms with van der Waals surface area (Å²) in [5, 5.41) is 2.92. The number of rotatable bonds is 2. The third-order valence-corrected chi connectivity index (χ3v) is 3.19. The summed E-state index contributed by atoms with van der Waals surface area (Å²) in [7, 11) is 0. The van der Waals surface area contributed by atoms with E-state index in [-0.39, 0.29) is 11.3 Å². The minimum Gasteiger partial charge on any atom is -0.355 e. The number of amides is 1. The minimum atomic E-state index is 0.0400. The van der Waals surface area contributed by atoms with E-state index in [9.17, 15) is 4.79 Å². The van der Waals surface area contributed by atoms with Crippen LogP contribution in [0.3, 0.4) is 0 Å². The number of carbonyl (C=O) groups is 1. The van der Waals surface area contributed by atoms with Crippen LogP contribution >= 0.6 is 0 Å². The van der Waals surface area contributed by atoms with Crippen molar-refractivity contribution in [1.29, 1.82) is 0 Å². The van der Waals surface area contributed by atoms with Gasteiger partial charge in [-0.1, -0.05) is 37.3 Å². The highest BCUT2D eigenvalue weighted by Gasteiger charge is 2.37. The number of carbonyl (C=O) groups excluding carboxylic acids is 1. The quantitative estimate of drug-likeness (QED) is 0.756. The molecule has 0 spiro atoms. The molecule has 1 heterocycles. The second-order valence-corrected chi connectivity index (χ2v) is 3.95. The van der Waals surface area contributed by atoms with Gasteiger partial charge >= 0.3 is 0 Å². The van der Waals surface area contributed by atoms with Gasteiger partial charge in [-0.25, -0.2) is 0 Å². The normalized spacial score (nSPS) is 26.2. The predicted molar refractivity (Wildman–Crippen MR) is 56.0 cm³/mol. The van der Waals surface area contributed by atoms with E-state index in [1.165, 1.54) is 5.56 Å². The molecule has 2 nitrogen and oxygen atoms in total. The molecule has 14 heavy (non-hydrogen) atoms. The average molecular weight is 189 g/mol. The molecule has 1 aromatic carbocycles. The maximum Gasteiger partial charge on any atom is 0.220 e. The van der Waals surface area contributed by atoms with Gasteiger partial charge in [0.15, 0.2) is 0 Å². The highest BCUT2D eigenvalue weighted by molar-refractivity contribution is 5.80. The molecule has 1 unspecified atom stereocenters. The maximum absolute atomic E-state index is 11.3. The van der Waals surface area contributed by atoms with Crippen LogP contribution in [-0.2, 0) is 10.2 Å². The lowest BCUT2D eigenvalue weighted by Crippen LogP contribution is -2.27. The Hall–Kier alpha value is -1.31. The molecule has 1 N–H and O–H groups in total. The summed E-state index contributed by atoms with van der Waals surface area (Å²) in [5.41, 5.74) is 1.32. The Kier molecular flexibility index (Phi) is 2.28. The van der Waals surface area contributed by atoms with Crippen LogP contribution in [0, 0.1) is 0 Å². The average Bonchev–Trinajstić information content (AvgIpc) is 2.63. The Balaban J connectivity index is 2.34. The van der Waals surface area contributed by atoms with Crippen molar-refractivity contribution in [2.45, 2.75) is 25.2 Å². The van der Waals surface area contributed by atoms with Gasteiger partial charge < -0.3 is 5.32 Å². The van der Waals surface area contributed by atoms with E-state index in [4.69, 9.17) is 0 Å². The second-order valence-electron chi connectivity index (χ2n) is 3.95. The van der Waals surface area contributed by atoms with Gasteiger partial charge in [0.2, 0.25) is 5.91 Å². The molecule has 0 aromatic heterocycles. The van der Waals surface area contributed by atoms with E-state index >= 15 is 0 Å². The van der Waals surface area contributed by atoms with Crippen molar-refractivity contribution >= 4 is 5.91 Å². The Morgan fingerprint density at radius 1 is 1.36 bits per heavy atom. The van der Waals surface area contributed by atoms with Crippen molar-refractivity contribution in [3.8, 4) is 0 Å². The summed E-state index contributed by atoms with van der Waals surface area (Å²) in [4.78, 5) is 11.3. The van der Waals surface area contributed by atoms with E-state index in [1.54, 1.807) is 0 Å². The Morgan fingerprint density at radius 2 is 2.07 bits per heavy atom. The predicted octanol–water partition coefficient (Wildman–Crippen LogP) is 1.85. The molecule has 0 bridgehead atoms. The molecule has 1 fully saturated rings. The molecule has 0 radical (unpaired) electrons. The minimum absolute atomic E-state index is 0.0400. The number of hydrogen-bond donors (Lipinski definition) is 1. The van der Waals surface area contributed by atoms with Crippen molar-refractivity contribution in [2.24, 2.45) is 0 Å². The molecular weight excluding hydrogens is 174 g/mol. The smallest absolute Gasteiger partial charge is 0.220 e. The van der Waals surface area contributed by atoms with Crippen LogP contribution < -0.4 is 5.32 Å². The van der Waals surface area contributed by atoms with E-state index in [0.717, 1.165) is 13.0 Å². The lowest BCUT2D eigenvalue weighted by Gasteiger charge is -2.25. The fourth-order valence-electron chi connectivity index (χ4n) is 2.15. The first-order valence-corrected chi connectivity index (χ1v) is 5.09. The fourth-order valence-corrected chi connectivity index (χ4v) is 2.15. The largest absolute Gasteiger partial charge is 0.355 e. The Labute approximate surface area is 84.3 Å². The molecule has 2 heteroatoms. The summed E-state index contributed by atoms with van der Waals surface area (Å²) in [5.74, 6) is 0.177. The third-order valence-electron chi connectivity index (χ3n) is 3.19. The van der Waals surface area contributed by atoms with Crippen LogP contribution in [0.1, 0.15) is 25.3 Å². The molecule has 74 valence electrons. The monoisotopic (exact) mass is 189 g/mol. The highest BCUT2D eigenvalue weighted by Crippen LogP contribution is 2.34. The van der Waals surface area contributed by atoms with Gasteiger partial charge in [-0.05, 0) is 12.0 Å². The molecule has 1 saturated heterocycles. The molecule has 2 rings (SSSR count). The first kappa shape index (κ1) is 9.25. The number of hydrogen-bond acceptors (Lipinski definition) is 1. The maximum atomic E-state index is 11.3. The molecule has 0 aliphatic carbocycles. The van der Waals surface area contributed by atoms with E-state index in [0.29, 0.717) is 6.42 Å². The standard InChI is InChI=1S/C12H15NO/c1-2-12(8-11(14)13-9-12)10-6-4-3-5-7-10/h3-7H,2,8-9H2,1H3,(H,13,14). The zero-order valence-electron chi connectivity index (χ0n) is 8.42. The van der Waals surface area contributed by atoms with Crippen molar-refractivity contribution in [3.05, 3.63) is 35.9 Å². The summed E-state index contributed by atoms with van der Waals surface area (Å²) in [6.45, 7) is 2.93. The molecule has 1 amide bonds. The molecular formula is C12H15NO. The topological polar surface area (TPSA) is 29.1 Å². The van der Waals surface area contributed by atoms with Crippen LogP contribution in [0.5, 0.6) is 0 Å². The van der Waals surface area contributed by atoms with Crippen LogP contribution in [0.2, 0.25) is 0 Å². The molecule has 1 aliphatic heterocycles. The van der Waals surface area contributed by atoms with Gasteiger partial charge in [0.1, 0.15) is 0 Å². The molecule has 0 saturated carbocycles. The number of nitrogens with one attached hydrogen (secondary N) is 1. The summed E-state index contributed by atoms with van der Waals surface area (Å²) in [6, 6.07) is 10.3. The van der Waals surface area contributed by atoms with Crippen molar-refractivity contribution in [1.82, 2.24) is 5.32 Å². The van der Waals surface area contributed by atoms with Gasteiger partial charge in [0.05, 0.1) is 0 Å². The van der Waals surface area contributed by atoms with Crippen molar-refractivity contribution < 1.29 is 4.79 Å². The van der Waals surface area contributed by atoms with Gasteiger partial charge in [0.25, 0.3) is 0 Å². The van der Waals surface area contributed by atoms with Gasteiger partial charge in [-0.3, -0.25) is 4.79 Å². The summed E-state index contributed by atoms with van der Waals surface area (Å²) >= 11 is 0. The zero-order valence-corrected chi connectivity index (χ0v) is 8.42. The van der Waals surface area contributed by atoms with Gasteiger partial charge in [-0.2, -0.15) is 0 Å². The first-order valence-electron chi connectivity index (χ1n) is 5.09. The van der Waals surface area contributed by atoms with Crippen LogP contribution in [0.15, 0.2) is 30.3 Å². The van der Waals surface area contributed by atoms with E-state index in [2.05, 4.69) is 24.4 Å². The van der Waals surface area contributed by atoms with E-state index in [1.807, 2.05) is 18.2 Å². The van der Waals surface area contributed by atoms with Gasteiger partial charge in [0, 0.05) is 18.4 Å². The Bertz CT molecular complexity index is 333. The lowest BCUT2D eigenvalue weighted by molar-refractivity contribution is -0.119. The molecule has 1 aliphatic rings. The summed E-state index contributed by atoms with van der Waals surface area (Å²) < 4.78 is 0. The zero-order chi connectivity index (χ0) is 10.0. The highest BCUT2D eigenvalue weighted by atomic mass is 16.1. The number of benzene rings is 1. The Morgan fingerprint density at radius 3 is 2.57 bits per heavy atom. The second kappa shape index (κ2) is 3.45. The van der Waals surface area contributed by atoms with Crippen molar-refractivity contribution in [3.63, 3.8) is 0 Å². The molecule has 1 aromatic rings. The third kappa shape index (κ3) is 1.41. The summed E-state index contributed by atoms with van der Waals surface area (Å²) in [6.07, 6.45) is 1.64.